The molecule has 134 valence electrons. The van der Waals surface area contributed by atoms with E-state index in [-0.39, 0.29) is 5.91 Å². The van der Waals surface area contributed by atoms with Crippen molar-refractivity contribution in [2.24, 2.45) is 0 Å². The van der Waals surface area contributed by atoms with Crippen LogP contribution in [0.4, 0.5) is 11.4 Å². The molecule has 7 heteroatoms. The van der Waals surface area contributed by atoms with Crippen molar-refractivity contribution in [1.82, 2.24) is 0 Å². The van der Waals surface area contributed by atoms with Crippen LogP contribution in [0.1, 0.15) is 24.2 Å². The quantitative estimate of drug-likeness (QED) is 0.560. The zero-order chi connectivity index (χ0) is 18.9. The highest BCUT2D eigenvalue weighted by molar-refractivity contribution is 14.1. The average molecular weight is 464 g/mol. The van der Waals surface area contributed by atoms with Crippen molar-refractivity contribution in [2.45, 2.75) is 19.4 Å². The smallest absolute Gasteiger partial charge is 0.339 e. The number of halogens is 1. The lowest BCUT2D eigenvalue weighted by Crippen LogP contribution is -2.59. The molecule has 0 saturated heterocycles. The van der Waals surface area contributed by atoms with Gasteiger partial charge >= 0.3 is 5.97 Å². The highest BCUT2D eigenvalue weighted by Crippen LogP contribution is 2.36. The van der Waals surface area contributed by atoms with Crippen molar-refractivity contribution in [3.63, 3.8) is 0 Å². The molecule has 0 saturated carbocycles. The Hall–Kier alpha value is -2.42. The first-order valence-electron chi connectivity index (χ1n) is 7.97. The topological polar surface area (TPSA) is 75.7 Å². The van der Waals surface area contributed by atoms with Gasteiger partial charge < -0.3 is 10.1 Å². The molecule has 2 amide bonds. The van der Waals surface area contributed by atoms with Crippen LogP contribution in [0.15, 0.2) is 48.5 Å². The molecule has 0 fully saturated rings. The molecule has 0 aliphatic carbocycles. The van der Waals surface area contributed by atoms with Crippen LogP contribution in [0.2, 0.25) is 0 Å². The van der Waals surface area contributed by atoms with Crippen molar-refractivity contribution in [3.8, 4) is 0 Å². The Kier molecular flexibility index (Phi) is 4.99. The van der Waals surface area contributed by atoms with Crippen LogP contribution in [-0.4, -0.2) is 29.9 Å². The minimum atomic E-state index is -1.10. The van der Waals surface area contributed by atoms with Crippen LogP contribution in [0.25, 0.3) is 0 Å². The lowest BCUT2D eigenvalue weighted by Gasteiger charge is -2.41. The maximum absolute atomic E-state index is 12.8. The highest BCUT2D eigenvalue weighted by atomic mass is 127. The molecule has 0 spiro atoms. The van der Waals surface area contributed by atoms with Gasteiger partial charge in [0.25, 0.3) is 5.91 Å². The zero-order valence-electron chi connectivity index (χ0n) is 14.3. The minimum absolute atomic E-state index is 0.298. The molecule has 0 radical (unpaired) electrons. The standard InChI is InChI=1S/C19H17IN2O4/c1-19(2)18(25)21-14-9-5-6-10-15(14)22(19)16(23)11-26-17(24)12-7-3-4-8-13(12)20/h3-10H,11H2,1-2H3,(H,21,25). The van der Waals surface area contributed by atoms with Crippen LogP contribution in [0, 0.1) is 3.57 Å². The van der Waals surface area contributed by atoms with Crippen LogP contribution in [0.3, 0.4) is 0 Å². The summed E-state index contributed by atoms with van der Waals surface area (Å²) < 4.78 is 5.94. The SMILES string of the molecule is CC1(C)C(=O)Nc2ccccc2N1C(=O)COC(=O)c1ccccc1I. The number of para-hydroxylation sites is 2. The first-order valence-corrected chi connectivity index (χ1v) is 9.05. The molecular weight excluding hydrogens is 447 g/mol. The van der Waals surface area contributed by atoms with Gasteiger partial charge in [-0.1, -0.05) is 24.3 Å². The van der Waals surface area contributed by atoms with Gasteiger partial charge in [0.2, 0.25) is 5.91 Å². The van der Waals surface area contributed by atoms with Gasteiger partial charge in [0.05, 0.1) is 16.9 Å². The molecule has 0 bridgehead atoms. The Balaban J connectivity index is 1.82. The Morgan fingerprint density at radius 1 is 1.12 bits per heavy atom. The third kappa shape index (κ3) is 3.31. The van der Waals surface area contributed by atoms with E-state index in [9.17, 15) is 14.4 Å². The molecule has 1 aliphatic heterocycles. The van der Waals surface area contributed by atoms with Gasteiger partial charge in [0.15, 0.2) is 6.61 Å². The van der Waals surface area contributed by atoms with E-state index in [0.717, 1.165) is 3.57 Å². The van der Waals surface area contributed by atoms with E-state index in [2.05, 4.69) is 5.32 Å². The van der Waals surface area contributed by atoms with Gasteiger partial charge in [0, 0.05) is 3.57 Å². The van der Waals surface area contributed by atoms with Crippen molar-refractivity contribution in [1.29, 1.82) is 0 Å². The summed E-state index contributed by atoms with van der Waals surface area (Å²) in [5.74, 6) is -1.33. The summed E-state index contributed by atoms with van der Waals surface area (Å²) in [6.45, 7) is 2.85. The van der Waals surface area contributed by atoms with Gasteiger partial charge in [-0.3, -0.25) is 14.5 Å². The first kappa shape index (κ1) is 18.4. The third-order valence-electron chi connectivity index (χ3n) is 4.18. The third-order valence-corrected chi connectivity index (χ3v) is 5.12. The molecule has 3 rings (SSSR count). The molecule has 0 aromatic heterocycles. The van der Waals surface area contributed by atoms with Gasteiger partial charge in [-0.05, 0) is 60.7 Å². The van der Waals surface area contributed by atoms with Crippen LogP contribution in [0.5, 0.6) is 0 Å². The largest absolute Gasteiger partial charge is 0.452 e. The Labute approximate surface area is 164 Å². The monoisotopic (exact) mass is 464 g/mol. The van der Waals surface area contributed by atoms with E-state index in [4.69, 9.17) is 4.74 Å². The van der Waals surface area contributed by atoms with E-state index in [1.54, 1.807) is 56.3 Å². The molecule has 1 heterocycles. The second-order valence-electron chi connectivity index (χ2n) is 6.32. The fraction of sp³-hybridized carbons (Fsp3) is 0.211. The van der Waals surface area contributed by atoms with E-state index in [0.29, 0.717) is 16.9 Å². The zero-order valence-corrected chi connectivity index (χ0v) is 16.4. The molecular formula is C19H17IN2O4. The Bertz CT molecular complexity index is 895. The molecule has 26 heavy (non-hydrogen) atoms. The molecule has 6 nitrogen and oxygen atoms in total. The predicted octanol–water partition coefficient (Wildman–Crippen LogP) is 3.21. The Morgan fingerprint density at radius 3 is 2.50 bits per heavy atom. The summed E-state index contributed by atoms with van der Waals surface area (Å²) in [4.78, 5) is 38.8. The normalized spacial score (nSPS) is 15.0. The van der Waals surface area contributed by atoms with Crippen molar-refractivity contribution < 1.29 is 19.1 Å². The van der Waals surface area contributed by atoms with Crippen molar-refractivity contribution in [2.75, 3.05) is 16.8 Å². The summed E-state index contributed by atoms with van der Waals surface area (Å²) in [6.07, 6.45) is 0. The van der Waals surface area contributed by atoms with Crippen molar-refractivity contribution in [3.05, 3.63) is 57.7 Å². The fourth-order valence-corrected chi connectivity index (χ4v) is 3.40. The lowest BCUT2D eigenvalue weighted by atomic mass is 9.96. The first-order chi connectivity index (χ1) is 12.3. The average Bonchev–Trinajstić information content (AvgIpc) is 2.60. The van der Waals surface area contributed by atoms with Crippen LogP contribution in [-0.2, 0) is 14.3 Å². The number of esters is 1. The molecule has 1 aliphatic rings. The molecule has 2 aromatic carbocycles. The number of rotatable bonds is 3. The van der Waals surface area contributed by atoms with Gasteiger partial charge in [0.1, 0.15) is 5.54 Å². The number of benzene rings is 2. The summed E-state index contributed by atoms with van der Waals surface area (Å²) in [7, 11) is 0. The number of hydrogen-bond donors (Lipinski definition) is 1. The molecule has 0 atom stereocenters. The van der Waals surface area contributed by atoms with Crippen molar-refractivity contribution >= 4 is 51.7 Å². The van der Waals surface area contributed by atoms with E-state index in [1.807, 2.05) is 28.7 Å². The number of hydrogen-bond acceptors (Lipinski definition) is 4. The number of nitrogens with zero attached hydrogens (tertiary/aromatic N) is 1. The van der Waals surface area contributed by atoms with Gasteiger partial charge in [-0.15, -0.1) is 0 Å². The summed E-state index contributed by atoms with van der Waals surface area (Å²) >= 11 is 2.04. The number of amides is 2. The molecule has 0 unspecified atom stereocenters. The number of fused-ring (bicyclic) bond motifs is 1. The number of carbonyl (C=O) groups is 3. The van der Waals surface area contributed by atoms with Gasteiger partial charge in [-0.2, -0.15) is 0 Å². The lowest BCUT2D eigenvalue weighted by molar-refractivity contribution is -0.128. The Morgan fingerprint density at radius 2 is 1.77 bits per heavy atom. The van der Waals surface area contributed by atoms with E-state index >= 15 is 0 Å². The fourth-order valence-electron chi connectivity index (χ4n) is 2.79. The summed E-state index contributed by atoms with van der Waals surface area (Å²) in [6, 6.07) is 14.0. The van der Waals surface area contributed by atoms with Crippen LogP contribution < -0.4 is 10.2 Å². The second kappa shape index (κ2) is 7.06. The van der Waals surface area contributed by atoms with Crippen LogP contribution >= 0.6 is 22.6 Å². The number of ether oxygens (including phenoxy) is 1. The molecule has 2 aromatic rings. The maximum atomic E-state index is 12.8. The molecule has 1 N–H and O–H groups in total. The number of anilines is 2. The number of nitrogens with one attached hydrogen (secondary N) is 1. The second-order valence-corrected chi connectivity index (χ2v) is 7.48. The summed E-state index contributed by atoms with van der Waals surface area (Å²) in [5, 5.41) is 2.79. The minimum Gasteiger partial charge on any atom is -0.452 e. The highest BCUT2D eigenvalue weighted by Gasteiger charge is 2.43. The van der Waals surface area contributed by atoms with E-state index < -0.39 is 24.0 Å². The van der Waals surface area contributed by atoms with E-state index in [1.165, 1.54) is 4.90 Å². The number of carbonyl (C=O) groups excluding carboxylic acids is 3. The predicted molar refractivity (Wildman–Crippen MR) is 106 cm³/mol. The van der Waals surface area contributed by atoms with Gasteiger partial charge in [-0.25, -0.2) is 4.79 Å². The maximum Gasteiger partial charge on any atom is 0.339 e. The summed E-state index contributed by atoms with van der Waals surface area (Å²) in [5.41, 5.74) is 0.428.